The number of esters is 3. The average Bonchev–Trinajstić information content (AvgIpc) is 2.64. The van der Waals surface area contributed by atoms with Gasteiger partial charge in [-0.15, -0.1) is 0 Å². The molecule has 0 aromatic heterocycles. The first-order valence-corrected chi connectivity index (χ1v) is 12.8. The van der Waals surface area contributed by atoms with Gasteiger partial charge in [0.25, 0.3) is 0 Å². The fourth-order valence-corrected chi connectivity index (χ4v) is 3.32. The summed E-state index contributed by atoms with van der Waals surface area (Å²) in [6.07, 6.45) is 0. The number of carbonyl (C=O) groups excluding carboxylic acids is 3. The number of nitrogens with zero attached hydrogens (tertiary/aromatic N) is 3. The van der Waals surface area contributed by atoms with E-state index in [-0.39, 0.29) is 45.8 Å². The van der Waals surface area contributed by atoms with Crippen LogP contribution in [-0.4, -0.2) is 130 Å². The van der Waals surface area contributed by atoms with E-state index in [4.69, 9.17) is 24.4 Å². The molecule has 0 spiro atoms. The smallest absolute Gasteiger partial charge is 0.320 e. The summed E-state index contributed by atoms with van der Waals surface area (Å²) in [7, 11) is 0. The molecule has 0 fully saturated rings. The van der Waals surface area contributed by atoms with Crippen LogP contribution in [0.15, 0.2) is 0 Å². The van der Waals surface area contributed by atoms with Crippen LogP contribution in [0.2, 0.25) is 0 Å². The molecule has 2 N–H and O–H groups in total. The second-order valence-corrected chi connectivity index (χ2v) is 12.2. The van der Waals surface area contributed by atoms with E-state index in [0.717, 1.165) is 0 Å². The Morgan fingerprint density at radius 3 is 0.949 bits per heavy atom. The quantitative estimate of drug-likeness (QED) is 0.203. The van der Waals surface area contributed by atoms with Crippen LogP contribution < -0.4 is 0 Å². The molecule has 0 rings (SSSR count). The van der Waals surface area contributed by atoms with E-state index in [1.165, 1.54) is 9.80 Å². The lowest BCUT2D eigenvalue weighted by Gasteiger charge is -2.30. The average molecular weight is 562 g/mol. The second kappa shape index (κ2) is 15.7. The summed E-state index contributed by atoms with van der Waals surface area (Å²) >= 11 is 0. The number of carboxylic acid groups (broad SMARTS) is 2. The molecular weight excluding hydrogens is 514 g/mol. The zero-order valence-corrected chi connectivity index (χ0v) is 24.9. The number of aliphatic carboxylic acids is 2. The standard InChI is InChI=1S/C26H47N3O10/c1-24(2,3)37-21(34)16-27(10-12-28(14-19(30)31)15-20(32)33)11-13-29(17-22(35)38-25(4,5)6)18-23(36)39-26(7,8)9/h10-18H2,1-9H3,(H,30,31)(H,32,33). The van der Waals surface area contributed by atoms with Crippen molar-refractivity contribution < 1.29 is 48.4 Å². The summed E-state index contributed by atoms with van der Waals surface area (Å²) in [6.45, 7) is 14.5. The van der Waals surface area contributed by atoms with Crippen LogP contribution in [0.4, 0.5) is 0 Å². The van der Waals surface area contributed by atoms with Gasteiger partial charge in [-0.3, -0.25) is 38.7 Å². The summed E-state index contributed by atoms with van der Waals surface area (Å²) < 4.78 is 16.2. The molecule has 0 unspecified atom stereocenters. The van der Waals surface area contributed by atoms with Gasteiger partial charge in [0.2, 0.25) is 0 Å². The van der Waals surface area contributed by atoms with Gasteiger partial charge in [0, 0.05) is 26.2 Å². The Morgan fingerprint density at radius 2 is 0.692 bits per heavy atom. The van der Waals surface area contributed by atoms with Crippen LogP contribution in [-0.2, 0) is 38.2 Å². The van der Waals surface area contributed by atoms with Gasteiger partial charge in [0.15, 0.2) is 0 Å². The largest absolute Gasteiger partial charge is 0.480 e. The van der Waals surface area contributed by atoms with Crippen molar-refractivity contribution in [2.45, 2.75) is 79.1 Å². The highest BCUT2D eigenvalue weighted by Gasteiger charge is 2.25. The van der Waals surface area contributed by atoms with Crippen molar-refractivity contribution in [2.24, 2.45) is 0 Å². The topological polar surface area (TPSA) is 163 Å². The molecular formula is C26H47N3O10. The van der Waals surface area contributed by atoms with Crippen LogP contribution in [0, 0.1) is 0 Å². The van der Waals surface area contributed by atoms with Gasteiger partial charge >= 0.3 is 29.8 Å². The lowest BCUT2D eigenvalue weighted by Crippen LogP contribution is -2.47. The van der Waals surface area contributed by atoms with E-state index in [0.29, 0.717) is 0 Å². The van der Waals surface area contributed by atoms with Gasteiger partial charge in [0.1, 0.15) is 16.8 Å². The summed E-state index contributed by atoms with van der Waals surface area (Å²) in [4.78, 5) is 64.3. The highest BCUT2D eigenvalue weighted by molar-refractivity contribution is 5.75. The molecule has 0 atom stereocenters. The summed E-state index contributed by atoms with van der Waals surface area (Å²) in [5, 5.41) is 18.2. The third-order valence-electron chi connectivity index (χ3n) is 4.50. The molecule has 226 valence electrons. The zero-order chi connectivity index (χ0) is 30.6. The first-order valence-electron chi connectivity index (χ1n) is 12.8. The van der Waals surface area contributed by atoms with Crippen molar-refractivity contribution in [3.63, 3.8) is 0 Å². The zero-order valence-electron chi connectivity index (χ0n) is 24.9. The minimum absolute atomic E-state index is 0.0412. The van der Waals surface area contributed by atoms with Crippen molar-refractivity contribution in [1.82, 2.24) is 14.7 Å². The molecule has 0 aliphatic heterocycles. The number of hydrogen-bond donors (Lipinski definition) is 2. The van der Waals surface area contributed by atoms with Crippen LogP contribution >= 0.6 is 0 Å². The number of ether oxygens (including phenoxy) is 3. The maximum atomic E-state index is 12.6. The van der Waals surface area contributed by atoms with Gasteiger partial charge < -0.3 is 24.4 Å². The van der Waals surface area contributed by atoms with Crippen LogP contribution in [0.1, 0.15) is 62.3 Å². The summed E-state index contributed by atoms with van der Waals surface area (Å²) in [6, 6.07) is 0. The van der Waals surface area contributed by atoms with Crippen LogP contribution in [0.5, 0.6) is 0 Å². The SMILES string of the molecule is CC(C)(C)OC(=O)CN(CCN(CC(=O)O)CC(=O)O)CCN(CC(=O)OC(C)(C)C)CC(=O)OC(C)(C)C. The maximum Gasteiger partial charge on any atom is 0.320 e. The normalized spacial score (nSPS) is 12.5. The molecule has 0 bridgehead atoms. The predicted octanol–water partition coefficient (Wildman–Crippen LogP) is 1.09. The molecule has 0 heterocycles. The Bertz CT molecular complexity index is 794. The third-order valence-corrected chi connectivity index (χ3v) is 4.50. The Balaban J connectivity index is 5.68. The van der Waals surface area contributed by atoms with Crippen molar-refractivity contribution in [3.8, 4) is 0 Å². The van der Waals surface area contributed by atoms with E-state index in [2.05, 4.69) is 0 Å². The minimum Gasteiger partial charge on any atom is -0.480 e. The lowest BCUT2D eigenvalue weighted by molar-refractivity contribution is -0.161. The van der Waals surface area contributed by atoms with Crippen molar-refractivity contribution in [3.05, 3.63) is 0 Å². The van der Waals surface area contributed by atoms with Gasteiger partial charge in [-0.1, -0.05) is 0 Å². The molecule has 0 aromatic carbocycles. The molecule has 0 aliphatic carbocycles. The first-order chi connectivity index (χ1) is 17.5. The molecule has 39 heavy (non-hydrogen) atoms. The van der Waals surface area contributed by atoms with E-state index in [9.17, 15) is 24.0 Å². The molecule has 0 aliphatic rings. The number of hydrogen-bond acceptors (Lipinski definition) is 11. The number of carboxylic acids is 2. The minimum atomic E-state index is -1.18. The van der Waals surface area contributed by atoms with Crippen molar-refractivity contribution >= 4 is 29.8 Å². The highest BCUT2D eigenvalue weighted by atomic mass is 16.6. The Labute approximate surface area is 231 Å². The van der Waals surface area contributed by atoms with Gasteiger partial charge in [-0.2, -0.15) is 0 Å². The molecule has 0 aromatic rings. The third kappa shape index (κ3) is 21.8. The Kier molecular flexibility index (Phi) is 14.6. The molecule has 0 saturated carbocycles. The van der Waals surface area contributed by atoms with Gasteiger partial charge in [-0.25, -0.2) is 0 Å². The van der Waals surface area contributed by atoms with Gasteiger partial charge in [-0.05, 0) is 62.3 Å². The van der Waals surface area contributed by atoms with Crippen molar-refractivity contribution in [2.75, 3.05) is 58.9 Å². The monoisotopic (exact) mass is 561 g/mol. The van der Waals surface area contributed by atoms with Gasteiger partial charge in [0.05, 0.1) is 32.7 Å². The summed E-state index contributed by atoms with van der Waals surface area (Å²) in [5.41, 5.74) is -2.19. The molecule has 0 saturated heterocycles. The van der Waals surface area contributed by atoms with Crippen LogP contribution in [0.25, 0.3) is 0 Å². The predicted molar refractivity (Wildman–Crippen MR) is 142 cm³/mol. The number of rotatable bonds is 16. The van der Waals surface area contributed by atoms with Crippen molar-refractivity contribution in [1.29, 1.82) is 0 Å². The molecule has 0 amide bonds. The summed E-state index contributed by atoms with van der Waals surface area (Å²) in [5.74, 6) is -3.99. The Hall–Kier alpha value is -2.77. The van der Waals surface area contributed by atoms with E-state index in [1.807, 2.05) is 0 Å². The molecule has 0 radical (unpaired) electrons. The van der Waals surface area contributed by atoms with E-state index >= 15 is 0 Å². The highest BCUT2D eigenvalue weighted by Crippen LogP contribution is 2.11. The fraction of sp³-hybridized carbons (Fsp3) is 0.808. The fourth-order valence-electron chi connectivity index (χ4n) is 3.32. The second-order valence-electron chi connectivity index (χ2n) is 12.2. The first kappa shape index (κ1) is 36.2. The van der Waals surface area contributed by atoms with E-state index < -0.39 is 59.7 Å². The molecule has 13 nitrogen and oxygen atoms in total. The number of carbonyl (C=O) groups is 5. The molecule has 13 heteroatoms. The Morgan fingerprint density at radius 1 is 0.462 bits per heavy atom. The lowest BCUT2D eigenvalue weighted by atomic mass is 10.2. The maximum absolute atomic E-state index is 12.6. The van der Waals surface area contributed by atoms with Crippen LogP contribution in [0.3, 0.4) is 0 Å². The van der Waals surface area contributed by atoms with E-state index in [1.54, 1.807) is 67.2 Å².